The molecule has 1 saturated heterocycles. The first-order chi connectivity index (χ1) is 11.5. The third-order valence-corrected chi connectivity index (χ3v) is 4.89. The van der Waals surface area contributed by atoms with Crippen molar-refractivity contribution >= 4 is 34.1 Å². The lowest BCUT2D eigenvalue weighted by atomic mass is 10.1. The second-order valence-electron chi connectivity index (χ2n) is 5.29. The fourth-order valence-corrected chi connectivity index (χ4v) is 3.56. The highest BCUT2D eigenvalue weighted by molar-refractivity contribution is 7.18. The molecule has 0 radical (unpaired) electrons. The lowest BCUT2D eigenvalue weighted by molar-refractivity contribution is -0.115. The summed E-state index contributed by atoms with van der Waals surface area (Å²) in [6, 6.07) is 0. The molecule has 2 heterocycles. The van der Waals surface area contributed by atoms with Crippen LogP contribution >= 0.6 is 11.3 Å². The van der Waals surface area contributed by atoms with Crippen LogP contribution in [0, 0.1) is 6.92 Å². The molecule has 0 atom stereocenters. The largest absolute Gasteiger partial charge is 0.462 e. The van der Waals surface area contributed by atoms with Crippen LogP contribution in [0.15, 0.2) is 0 Å². The Balaban J connectivity index is 2.37. The van der Waals surface area contributed by atoms with Gasteiger partial charge in [0.05, 0.1) is 30.3 Å². The lowest BCUT2D eigenvalue weighted by Gasteiger charge is -2.26. The smallest absolute Gasteiger partial charge is 0.341 e. The van der Waals surface area contributed by atoms with Gasteiger partial charge in [-0.2, -0.15) is 0 Å². The van der Waals surface area contributed by atoms with E-state index in [1.807, 2.05) is 0 Å². The van der Waals surface area contributed by atoms with Crippen LogP contribution in [-0.4, -0.2) is 55.6 Å². The number of esters is 1. The van der Waals surface area contributed by atoms with E-state index in [1.54, 1.807) is 25.7 Å². The number of nitrogens with one attached hydrogen (secondary N) is 1. The predicted octanol–water partition coefficient (Wildman–Crippen LogP) is 2.05. The molecule has 7 nitrogen and oxygen atoms in total. The molecule has 0 spiro atoms. The summed E-state index contributed by atoms with van der Waals surface area (Å²) in [5.74, 6) is -0.894. The van der Waals surface area contributed by atoms with Gasteiger partial charge >= 0.3 is 5.97 Å². The van der Waals surface area contributed by atoms with Crippen LogP contribution in [0.5, 0.6) is 0 Å². The van der Waals surface area contributed by atoms with Crippen molar-refractivity contribution in [1.29, 1.82) is 0 Å². The number of morpholine rings is 1. The summed E-state index contributed by atoms with van der Waals surface area (Å²) in [7, 11) is 0. The summed E-state index contributed by atoms with van der Waals surface area (Å²) in [5, 5.41) is 3.07. The minimum atomic E-state index is -0.529. The number of thiophene rings is 1. The van der Waals surface area contributed by atoms with E-state index in [4.69, 9.17) is 9.47 Å². The molecular weight excluding hydrogens is 332 g/mol. The maximum Gasteiger partial charge on any atom is 0.341 e. The Morgan fingerprint density at radius 1 is 1.25 bits per heavy atom. The van der Waals surface area contributed by atoms with Gasteiger partial charge in [-0.25, -0.2) is 4.79 Å². The zero-order chi connectivity index (χ0) is 17.7. The van der Waals surface area contributed by atoms with Crippen LogP contribution in [0.25, 0.3) is 0 Å². The molecule has 2 amide bonds. The molecule has 0 bridgehead atoms. The van der Waals surface area contributed by atoms with Gasteiger partial charge in [0.2, 0.25) is 5.91 Å². The molecule has 0 saturated carbocycles. The van der Waals surface area contributed by atoms with Crippen molar-refractivity contribution in [2.75, 3.05) is 38.2 Å². The molecule has 1 aromatic rings. The highest BCUT2D eigenvalue weighted by Gasteiger charge is 2.29. The molecule has 1 N–H and O–H groups in total. The Morgan fingerprint density at radius 2 is 1.92 bits per heavy atom. The van der Waals surface area contributed by atoms with Crippen molar-refractivity contribution in [2.45, 2.75) is 27.2 Å². The van der Waals surface area contributed by atoms with Gasteiger partial charge in [0.25, 0.3) is 5.91 Å². The minimum absolute atomic E-state index is 0.150. The van der Waals surface area contributed by atoms with Gasteiger partial charge in [0, 0.05) is 19.5 Å². The zero-order valence-electron chi connectivity index (χ0n) is 14.1. The quantitative estimate of drug-likeness (QED) is 0.818. The van der Waals surface area contributed by atoms with Crippen molar-refractivity contribution in [2.24, 2.45) is 0 Å². The molecule has 24 heavy (non-hydrogen) atoms. The van der Waals surface area contributed by atoms with Crippen LogP contribution in [0.1, 0.15) is 45.9 Å². The highest BCUT2D eigenvalue weighted by atomic mass is 32.1. The van der Waals surface area contributed by atoms with E-state index in [2.05, 4.69) is 5.32 Å². The number of nitrogens with zero attached hydrogens (tertiary/aromatic N) is 1. The molecule has 0 aromatic carbocycles. The Kier molecular flexibility index (Phi) is 6.33. The summed E-state index contributed by atoms with van der Waals surface area (Å²) in [4.78, 5) is 38.9. The van der Waals surface area contributed by atoms with Gasteiger partial charge in [0.1, 0.15) is 5.00 Å². The van der Waals surface area contributed by atoms with Gasteiger partial charge < -0.3 is 19.7 Å². The fraction of sp³-hybridized carbons (Fsp3) is 0.562. The van der Waals surface area contributed by atoms with E-state index >= 15 is 0 Å². The number of rotatable bonds is 5. The van der Waals surface area contributed by atoms with E-state index in [1.165, 1.54) is 0 Å². The van der Waals surface area contributed by atoms with Crippen molar-refractivity contribution in [3.05, 3.63) is 16.0 Å². The topological polar surface area (TPSA) is 84.9 Å². The molecule has 1 aromatic heterocycles. The second-order valence-corrected chi connectivity index (χ2v) is 6.31. The van der Waals surface area contributed by atoms with E-state index in [0.717, 1.165) is 11.3 Å². The number of hydrogen-bond donors (Lipinski definition) is 1. The monoisotopic (exact) mass is 354 g/mol. The average molecular weight is 354 g/mol. The Hall–Kier alpha value is -1.93. The number of carbonyl (C=O) groups is 3. The zero-order valence-corrected chi connectivity index (χ0v) is 15.0. The molecule has 0 unspecified atom stereocenters. The number of hydrogen-bond acceptors (Lipinski definition) is 6. The van der Waals surface area contributed by atoms with Crippen LogP contribution in [0.2, 0.25) is 0 Å². The van der Waals surface area contributed by atoms with Gasteiger partial charge in [-0.1, -0.05) is 6.92 Å². The van der Waals surface area contributed by atoms with Crippen molar-refractivity contribution in [3.8, 4) is 0 Å². The van der Waals surface area contributed by atoms with Gasteiger partial charge in [-0.3, -0.25) is 9.59 Å². The van der Waals surface area contributed by atoms with Crippen molar-refractivity contribution in [3.63, 3.8) is 0 Å². The third-order valence-electron chi connectivity index (χ3n) is 3.69. The van der Waals surface area contributed by atoms with E-state index in [0.29, 0.717) is 41.7 Å². The summed E-state index contributed by atoms with van der Waals surface area (Å²) < 4.78 is 10.3. The summed E-state index contributed by atoms with van der Waals surface area (Å²) >= 11 is 1.12. The number of amides is 2. The summed E-state index contributed by atoms with van der Waals surface area (Å²) in [6.07, 6.45) is 0.284. The van der Waals surface area contributed by atoms with Crippen LogP contribution in [0.4, 0.5) is 5.00 Å². The first kappa shape index (κ1) is 18.4. The molecule has 8 heteroatoms. The lowest BCUT2D eigenvalue weighted by Crippen LogP contribution is -2.40. The molecule has 1 aliphatic rings. The van der Waals surface area contributed by atoms with Gasteiger partial charge in [-0.15, -0.1) is 11.3 Å². The van der Waals surface area contributed by atoms with Gasteiger partial charge in [-0.05, 0) is 19.4 Å². The molecule has 1 fully saturated rings. The third kappa shape index (κ3) is 3.93. The molecule has 0 aliphatic carbocycles. The molecule has 1 aliphatic heterocycles. The van der Waals surface area contributed by atoms with E-state index in [-0.39, 0.29) is 30.4 Å². The normalized spacial score (nSPS) is 14.4. The second kappa shape index (κ2) is 8.25. The summed E-state index contributed by atoms with van der Waals surface area (Å²) in [5.41, 5.74) is 0.807. The van der Waals surface area contributed by atoms with Crippen LogP contribution in [-0.2, 0) is 14.3 Å². The standard InChI is InChI=1S/C16H22N2O5S/c1-4-11(19)17-14-12(16(21)23-5-2)10(3)13(24-14)15(20)18-6-8-22-9-7-18/h4-9H2,1-3H3,(H,17,19). The van der Waals surface area contributed by atoms with Crippen LogP contribution in [0.3, 0.4) is 0 Å². The molecule has 2 rings (SSSR count). The number of anilines is 1. The van der Waals surface area contributed by atoms with Crippen molar-refractivity contribution in [1.82, 2.24) is 4.90 Å². The van der Waals surface area contributed by atoms with E-state index in [9.17, 15) is 14.4 Å². The SMILES string of the molecule is CCOC(=O)c1c(NC(=O)CC)sc(C(=O)N2CCOCC2)c1C. The first-order valence-corrected chi connectivity index (χ1v) is 8.78. The maximum absolute atomic E-state index is 12.7. The number of ether oxygens (including phenoxy) is 2. The predicted molar refractivity (Wildman–Crippen MR) is 90.7 cm³/mol. The minimum Gasteiger partial charge on any atom is -0.462 e. The number of carbonyl (C=O) groups excluding carboxylic acids is 3. The Morgan fingerprint density at radius 3 is 2.50 bits per heavy atom. The Bertz CT molecular complexity index is 635. The highest BCUT2D eigenvalue weighted by Crippen LogP contribution is 2.34. The van der Waals surface area contributed by atoms with Crippen molar-refractivity contribution < 1.29 is 23.9 Å². The fourth-order valence-electron chi connectivity index (χ4n) is 2.38. The Labute approximate surface area is 144 Å². The van der Waals surface area contributed by atoms with Crippen LogP contribution < -0.4 is 5.32 Å². The summed E-state index contributed by atoms with van der Waals surface area (Å²) in [6.45, 7) is 7.40. The molecule has 132 valence electrons. The molecular formula is C16H22N2O5S. The van der Waals surface area contributed by atoms with E-state index < -0.39 is 5.97 Å². The maximum atomic E-state index is 12.7. The average Bonchev–Trinajstić information content (AvgIpc) is 2.91. The first-order valence-electron chi connectivity index (χ1n) is 7.96. The van der Waals surface area contributed by atoms with Gasteiger partial charge in [0.15, 0.2) is 0 Å².